The molecule has 0 amide bonds. The van der Waals surface area contributed by atoms with E-state index in [4.69, 9.17) is 5.73 Å². The standard InChI is InChI=1S/C12H16FN5O2S/c1-8-15-12(17-16-8)7-18(2)21(19,20)10-3-4-11(13)9(5-10)6-14/h3-5H,6-7,14H2,1-2H3,(H,15,16,17). The maximum atomic E-state index is 13.4. The molecule has 1 heterocycles. The number of aromatic amines is 1. The van der Waals surface area contributed by atoms with E-state index < -0.39 is 15.8 Å². The number of nitrogens with two attached hydrogens (primary N) is 1. The number of nitrogens with one attached hydrogen (secondary N) is 1. The maximum absolute atomic E-state index is 13.4. The number of rotatable bonds is 5. The van der Waals surface area contributed by atoms with E-state index in [-0.39, 0.29) is 23.5 Å². The van der Waals surface area contributed by atoms with Crippen molar-refractivity contribution in [2.45, 2.75) is 24.9 Å². The number of hydrogen-bond acceptors (Lipinski definition) is 5. The topological polar surface area (TPSA) is 105 Å². The van der Waals surface area contributed by atoms with Crippen LogP contribution in [0.15, 0.2) is 23.1 Å². The second-order valence-electron chi connectivity index (χ2n) is 4.56. The van der Waals surface area contributed by atoms with Crippen LogP contribution >= 0.6 is 0 Å². The van der Waals surface area contributed by atoms with E-state index in [9.17, 15) is 12.8 Å². The van der Waals surface area contributed by atoms with E-state index in [1.807, 2.05) is 0 Å². The smallest absolute Gasteiger partial charge is 0.243 e. The van der Waals surface area contributed by atoms with Crippen molar-refractivity contribution >= 4 is 10.0 Å². The molecule has 0 saturated carbocycles. The van der Waals surface area contributed by atoms with Gasteiger partial charge in [-0.05, 0) is 25.1 Å². The summed E-state index contributed by atoms with van der Waals surface area (Å²) >= 11 is 0. The number of hydrogen-bond donors (Lipinski definition) is 2. The molecule has 1 aromatic heterocycles. The van der Waals surface area contributed by atoms with Crippen LogP contribution in [0.5, 0.6) is 0 Å². The second-order valence-corrected chi connectivity index (χ2v) is 6.60. The Bertz CT molecular complexity index is 744. The molecule has 21 heavy (non-hydrogen) atoms. The Morgan fingerprint density at radius 3 is 2.71 bits per heavy atom. The van der Waals surface area contributed by atoms with Crippen LogP contribution in [-0.2, 0) is 23.1 Å². The Hall–Kier alpha value is -1.84. The molecule has 0 aliphatic heterocycles. The number of nitrogens with zero attached hydrogens (tertiary/aromatic N) is 3. The molecule has 0 atom stereocenters. The number of aryl methyl sites for hydroxylation is 1. The predicted molar refractivity (Wildman–Crippen MR) is 74.1 cm³/mol. The molecule has 0 aliphatic rings. The lowest BCUT2D eigenvalue weighted by Gasteiger charge is -2.16. The average Bonchev–Trinajstić information content (AvgIpc) is 2.84. The molecule has 114 valence electrons. The lowest BCUT2D eigenvalue weighted by Crippen LogP contribution is -2.27. The van der Waals surface area contributed by atoms with E-state index in [0.29, 0.717) is 11.6 Å². The zero-order chi connectivity index (χ0) is 15.6. The van der Waals surface area contributed by atoms with Crippen molar-refractivity contribution in [3.8, 4) is 0 Å². The number of H-pyrrole nitrogens is 1. The van der Waals surface area contributed by atoms with Crippen LogP contribution in [0.25, 0.3) is 0 Å². The molecule has 3 N–H and O–H groups in total. The predicted octanol–water partition coefficient (Wildman–Crippen LogP) is 0.532. The highest BCUT2D eigenvalue weighted by molar-refractivity contribution is 7.89. The quantitative estimate of drug-likeness (QED) is 0.838. The summed E-state index contributed by atoms with van der Waals surface area (Å²) in [5.41, 5.74) is 5.54. The van der Waals surface area contributed by atoms with Crippen LogP contribution in [-0.4, -0.2) is 35.0 Å². The maximum Gasteiger partial charge on any atom is 0.243 e. The first-order valence-corrected chi connectivity index (χ1v) is 7.61. The Morgan fingerprint density at radius 2 is 2.14 bits per heavy atom. The Kier molecular flexibility index (Phi) is 4.35. The summed E-state index contributed by atoms with van der Waals surface area (Å²) in [5, 5.41) is 6.53. The van der Waals surface area contributed by atoms with Crippen LogP contribution in [0.4, 0.5) is 4.39 Å². The van der Waals surface area contributed by atoms with E-state index in [2.05, 4.69) is 15.2 Å². The van der Waals surface area contributed by atoms with Crippen LogP contribution in [0.2, 0.25) is 0 Å². The molecule has 9 heteroatoms. The molecule has 0 radical (unpaired) electrons. The first-order valence-electron chi connectivity index (χ1n) is 6.17. The first kappa shape index (κ1) is 15.5. The van der Waals surface area contributed by atoms with E-state index in [0.717, 1.165) is 10.4 Å². The molecular weight excluding hydrogens is 297 g/mol. The Balaban J connectivity index is 2.28. The van der Waals surface area contributed by atoms with Crippen molar-refractivity contribution < 1.29 is 12.8 Å². The minimum absolute atomic E-state index is 0.0147. The molecule has 0 bridgehead atoms. The lowest BCUT2D eigenvalue weighted by atomic mass is 10.2. The van der Waals surface area contributed by atoms with Crippen molar-refractivity contribution in [1.82, 2.24) is 19.5 Å². The molecule has 0 saturated heterocycles. The van der Waals surface area contributed by atoms with Crippen LogP contribution in [0, 0.1) is 12.7 Å². The molecule has 2 rings (SSSR count). The van der Waals surface area contributed by atoms with E-state index >= 15 is 0 Å². The molecule has 7 nitrogen and oxygen atoms in total. The van der Waals surface area contributed by atoms with Gasteiger partial charge in [-0.3, -0.25) is 5.10 Å². The molecule has 0 unspecified atom stereocenters. The van der Waals surface area contributed by atoms with Crippen molar-refractivity contribution in [3.05, 3.63) is 41.2 Å². The molecular formula is C12H16FN5O2S. The van der Waals surface area contributed by atoms with Gasteiger partial charge in [0.2, 0.25) is 10.0 Å². The van der Waals surface area contributed by atoms with E-state index in [1.54, 1.807) is 6.92 Å². The monoisotopic (exact) mass is 313 g/mol. The summed E-state index contributed by atoms with van der Waals surface area (Å²) in [7, 11) is -2.35. The number of sulfonamides is 1. The van der Waals surface area contributed by atoms with Gasteiger partial charge in [0.05, 0.1) is 11.4 Å². The highest BCUT2D eigenvalue weighted by Crippen LogP contribution is 2.19. The van der Waals surface area contributed by atoms with Gasteiger partial charge in [0.15, 0.2) is 5.82 Å². The number of aromatic nitrogens is 3. The fraction of sp³-hybridized carbons (Fsp3) is 0.333. The van der Waals surface area contributed by atoms with Crippen molar-refractivity contribution in [2.75, 3.05) is 7.05 Å². The minimum atomic E-state index is -3.76. The molecule has 0 aliphatic carbocycles. The van der Waals surface area contributed by atoms with Gasteiger partial charge in [-0.25, -0.2) is 17.8 Å². The SMILES string of the molecule is Cc1nc(CN(C)S(=O)(=O)c2ccc(F)c(CN)c2)n[nH]1. The van der Waals surface area contributed by atoms with Crippen molar-refractivity contribution in [2.24, 2.45) is 5.73 Å². The lowest BCUT2D eigenvalue weighted by molar-refractivity contribution is 0.457. The Labute approximate surface area is 122 Å². The largest absolute Gasteiger partial charge is 0.326 e. The van der Waals surface area contributed by atoms with Gasteiger partial charge in [-0.15, -0.1) is 0 Å². The minimum Gasteiger partial charge on any atom is -0.326 e. The first-order chi connectivity index (χ1) is 9.84. The average molecular weight is 313 g/mol. The van der Waals surface area contributed by atoms with Crippen LogP contribution in [0.3, 0.4) is 0 Å². The van der Waals surface area contributed by atoms with Gasteiger partial charge in [-0.2, -0.15) is 9.40 Å². The van der Waals surface area contributed by atoms with Crippen molar-refractivity contribution in [1.29, 1.82) is 0 Å². The van der Waals surface area contributed by atoms with Gasteiger partial charge in [0, 0.05) is 19.2 Å². The van der Waals surface area contributed by atoms with Gasteiger partial charge in [0.25, 0.3) is 0 Å². The number of halogens is 1. The van der Waals surface area contributed by atoms with Gasteiger partial charge in [0.1, 0.15) is 11.6 Å². The molecule has 1 aromatic carbocycles. The van der Waals surface area contributed by atoms with Gasteiger partial charge < -0.3 is 5.73 Å². The summed E-state index contributed by atoms with van der Waals surface area (Å²) in [6.07, 6.45) is 0. The molecule has 0 fully saturated rings. The van der Waals surface area contributed by atoms with Crippen molar-refractivity contribution in [3.63, 3.8) is 0 Å². The summed E-state index contributed by atoms with van der Waals surface area (Å²) < 4.78 is 39.3. The van der Waals surface area contributed by atoms with Gasteiger partial charge >= 0.3 is 0 Å². The third kappa shape index (κ3) is 3.26. The third-order valence-electron chi connectivity index (χ3n) is 2.95. The molecule has 2 aromatic rings. The fourth-order valence-corrected chi connectivity index (χ4v) is 2.97. The Morgan fingerprint density at radius 1 is 1.43 bits per heavy atom. The second kappa shape index (κ2) is 5.88. The van der Waals surface area contributed by atoms with Crippen LogP contribution in [0.1, 0.15) is 17.2 Å². The molecule has 0 spiro atoms. The zero-order valence-corrected chi connectivity index (χ0v) is 12.5. The highest BCUT2D eigenvalue weighted by Gasteiger charge is 2.23. The van der Waals surface area contributed by atoms with E-state index in [1.165, 1.54) is 19.2 Å². The third-order valence-corrected chi connectivity index (χ3v) is 4.75. The van der Waals surface area contributed by atoms with Crippen LogP contribution < -0.4 is 5.73 Å². The zero-order valence-electron chi connectivity index (χ0n) is 11.7. The van der Waals surface area contributed by atoms with Gasteiger partial charge in [-0.1, -0.05) is 0 Å². The summed E-state index contributed by atoms with van der Waals surface area (Å²) in [6, 6.07) is 3.55. The normalized spacial score (nSPS) is 12.0. The summed E-state index contributed by atoms with van der Waals surface area (Å²) in [5.74, 6) is 0.437. The summed E-state index contributed by atoms with van der Waals surface area (Å²) in [6.45, 7) is 1.67. The fourth-order valence-electron chi connectivity index (χ4n) is 1.79. The summed E-state index contributed by atoms with van der Waals surface area (Å²) in [4.78, 5) is 4.04. The highest BCUT2D eigenvalue weighted by atomic mass is 32.2. The number of benzene rings is 1.